The normalized spacial score (nSPS) is 14.6. The summed E-state index contributed by atoms with van der Waals surface area (Å²) in [6, 6.07) is 17.6. The lowest BCUT2D eigenvalue weighted by molar-refractivity contribution is -0.142. The summed E-state index contributed by atoms with van der Waals surface area (Å²) in [6.45, 7) is 1.94. The van der Waals surface area contributed by atoms with Crippen molar-refractivity contribution in [3.63, 3.8) is 0 Å². The molecule has 1 fully saturated rings. The van der Waals surface area contributed by atoms with Crippen LogP contribution in [0.5, 0.6) is 5.75 Å². The van der Waals surface area contributed by atoms with Crippen LogP contribution in [0.15, 0.2) is 60.7 Å². The van der Waals surface area contributed by atoms with Crippen LogP contribution in [-0.4, -0.2) is 55.3 Å². The Bertz CT molecular complexity index is 1240. The Balaban J connectivity index is 1.35. The number of hydrogen-bond acceptors (Lipinski definition) is 7. The fourth-order valence-electron chi connectivity index (χ4n) is 4.81. The standard InChI is InChI=1S/C29H33ClN4O4/c1-31-26-8-3-5-21(32-26)17-20-13-15-34(16-14-20)22-11-9-19(10-12-22)18-24(29(37)38-2)33-28(36)27-23(30)6-4-7-25(27)35/h3-12,20,24,35H,13-18H2,1-2H3,(H,31,32)(H,33,36). The van der Waals surface area contributed by atoms with Gasteiger partial charge >= 0.3 is 5.97 Å². The van der Waals surface area contributed by atoms with E-state index in [4.69, 9.17) is 16.3 Å². The molecular weight excluding hydrogens is 504 g/mol. The third-order valence-corrected chi connectivity index (χ3v) is 7.24. The Labute approximate surface area is 228 Å². The van der Waals surface area contributed by atoms with E-state index in [-0.39, 0.29) is 22.8 Å². The number of halogens is 1. The maximum atomic E-state index is 12.8. The molecule has 1 aliphatic rings. The molecule has 200 valence electrons. The molecule has 8 nitrogen and oxygen atoms in total. The van der Waals surface area contributed by atoms with Crippen LogP contribution < -0.4 is 15.5 Å². The lowest BCUT2D eigenvalue weighted by Gasteiger charge is -2.33. The number of esters is 1. The Kier molecular flexibility index (Phi) is 9.07. The smallest absolute Gasteiger partial charge is 0.328 e. The summed E-state index contributed by atoms with van der Waals surface area (Å²) >= 11 is 6.09. The minimum atomic E-state index is -0.931. The van der Waals surface area contributed by atoms with E-state index in [9.17, 15) is 14.7 Å². The zero-order chi connectivity index (χ0) is 27.1. The molecule has 1 unspecified atom stereocenters. The molecule has 1 atom stereocenters. The van der Waals surface area contributed by atoms with Crippen molar-refractivity contribution in [2.45, 2.75) is 31.7 Å². The maximum Gasteiger partial charge on any atom is 0.328 e. The molecule has 1 saturated heterocycles. The molecule has 0 spiro atoms. The van der Waals surface area contributed by atoms with Crippen LogP contribution in [0.1, 0.15) is 34.5 Å². The number of nitrogens with zero attached hydrogens (tertiary/aromatic N) is 2. The zero-order valence-electron chi connectivity index (χ0n) is 21.6. The van der Waals surface area contributed by atoms with Crippen molar-refractivity contribution in [3.8, 4) is 5.75 Å². The number of anilines is 2. The number of aromatic nitrogens is 1. The molecule has 4 rings (SSSR count). The first-order valence-electron chi connectivity index (χ1n) is 12.7. The van der Waals surface area contributed by atoms with Gasteiger partial charge in [-0.1, -0.05) is 35.9 Å². The van der Waals surface area contributed by atoms with Crippen LogP contribution in [0.4, 0.5) is 11.5 Å². The van der Waals surface area contributed by atoms with Crippen molar-refractivity contribution < 1.29 is 19.4 Å². The molecule has 1 aliphatic heterocycles. The maximum absolute atomic E-state index is 12.8. The van der Waals surface area contributed by atoms with Crippen LogP contribution in [0.25, 0.3) is 0 Å². The highest BCUT2D eigenvalue weighted by molar-refractivity contribution is 6.34. The summed E-state index contributed by atoms with van der Waals surface area (Å²) in [5.41, 5.74) is 3.05. The Morgan fingerprint density at radius 2 is 1.82 bits per heavy atom. The number of carbonyl (C=O) groups excluding carboxylic acids is 2. The Morgan fingerprint density at radius 1 is 1.11 bits per heavy atom. The van der Waals surface area contributed by atoms with Crippen LogP contribution in [-0.2, 0) is 22.4 Å². The molecule has 2 aromatic carbocycles. The van der Waals surface area contributed by atoms with Gasteiger partial charge in [-0.25, -0.2) is 9.78 Å². The number of hydrogen-bond donors (Lipinski definition) is 3. The van der Waals surface area contributed by atoms with E-state index in [1.807, 2.05) is 43.4 Å². The summed E-state index contributed by atoms with van der Waals surface area (Å²) in [5, 5.41) is 15.9. The minimum Gasteiger partial charge on any atom is -0.507 e. The van der Waals surface area contributed by atoms with Gasteiger partial charge in [-0.05, 0) is 67.1 Å². The van der Waals surface area contributed by atoms with Crippen molar-refractivity contribution >= 4 is 35.0 Å². The van der Waals surface area contributed by atoms with Crippen molar-refractivity contribution in [3.05, 3.63) is 82.5 Å². The number of amides is 1. The quantitative estimate of drug-likeness (QED) is 0.347. The average Bonchev–Trinajstić information content (AvgIpc) is 2.93. The van der Waals surface area contributed by atoms with Gasteiger partial charge in [0.25, 0.3) is 5.91 Å². The summed E-state index contributed by atoms with van der Waals surface area (Å²) in [5.74, 6) is 0.0271. The second kappa shape index (κ2) is 12.6. The molecule has 3 N–H and O–H groups in total. The summed E-state index contributed by atoms with van der Waals surface area (Å²) in [6.07, 6.45) is 3.41. The summed E-state index contributed by atoms with van der Waals surface area (Å²) < 4.78 is 4.90. The second-order valence-electron chi connectivity index (χ2n) is 9.45. The van der Waals surface area contributed by atoms with E-state index >= 15 is 0 Å². The monoisotopic (exact) mass is 536 g/mol. The molecule has 1 amide bonds. The lowest BCUT2D eigenvalue weighted by atomic mass is 9.91. The van der Waals surface area contributed by atoms with Crippen LogP contribution in [0.3, 0.4) is 0 Å². The number of piperidine rings is 1. The third kappa shape index (κ3) is 6.75. The molecule has 9 heteroatoms. The van der Waals surface area contributed by atoms with Crippen molar-refractivity contribution in [1.82, 2.24) is 10.3 Å². The molecular formula is C29H33ClN4O4. The van der Waals surface area contributed by atoms with Crippen molar-refractivity contribution in [2.75, 3.05) is 37.5 Å². The van der Waals surface area contributed by atoms with Gasteiger partial charge in [0.1, 0.15) is 17.6 Å². The second-order valence-corrected chi connectivity index (χ2v) is 9.86. The van der Waals surface area contributed by atoms with Gasteiger partial charge < -0.3 is 25.4 Å². The number of pyridine rings is 1. The van der Waals surface area contributed by atoms with Crippen molar-refractivity contribution in [1.29, 1.82) is 0 Å². The molecule has 0 bridgehead atoms. The van der Waals surface area contributed by atoms with Gasteiger partial charge in [0, 0.05) is 37.9 Å². The van der Waals surface area contributed by atoms with E-state index in [1.54, 1.807) is 0 Å². The Morgan fingerprint density at radius 3 is 2.47 bits per heavy atom. The number of ether oxygens (including phenoxy) is 1. The third-order valence-electron chi connectivity index (χ3n) is 6.93. The molecule has 0 aliphatic carbocycles. The molecule has 0 saturated carbocycles. The van der Waals surface area contributed by atoms with E-state index in [0.717, 1.165) is 55.1 Å². The first kappa shape index (κ1) is 27.3. The zero-order valence-corrected chi connectivity index (χ0v) is 22.4. The Hall–Kier alpha value is -3.78. The first-order chi connectivity index (χ1) is 18.4. The van der Waals surface area contributed by atoms with Gasteiger partial charge in [-0.3, -0.25) is 4.79 Å². The highest BCUT2D eigenvalue weighted by Gasteiger charge is 2.26. The van der Waals surface area contributed by atoms with E-state index in [0.29, 0.717) is 5.92 Å². The number of carbonyl (C=O) groups is 2. The molecule has 0 radical (unpaired) electrons. The van der Waals surface area contributed by atoms with Crippen LogP contribution >= 0.6 is 11.6 Å². The van der Waals surface area contributed by atoms with Crippen LogP contribution in [0.2, 0.25) is 5.02 Å². The number of methoxy groups -OCH3 is 1. The van der Waals surface area contributed by atoms with E-state index in [1.165, 1.54) is 25.3 Å². The predicted molar refractivity (Wildman–Crippen MR) is 149 cm³/mol. The highest BCUT2D eigenvalue weighted by Crippen LogP contribution is 2.27. The fraction of sp³-hybridized carbons (Fsp3) is 0.345. The fourth-order valence-corrected chi connectivity index (χ4v) is 5.06. The van der Waals surface area contributed by atoms with Crippen molar-refractivity contribution in [2.24, 2.45) is 5.92 Å². The number of rotatable bonds is 9. The predicted octanol–water partition coefficient (Wildman–Crippen LogP) is 4.46. The molecule has 3 aromatic rings. The largest absolute Gasteiger partial charge is 0.507 e. The van der Waals surface area contributed by atoms with E-state index in [2.05, 4.69) is 26.6 Å². The van der Waals surface area contributed by atoms with Gasteiger partial charge in [0.05, 0.1) is 17.7 Å². The number of phenolic OH excluding ortho intramolecular Hbond substituents is 1. The molecule has 1 aromatic heterocycles. The number of phenols is 1. The number of aromatic hydroxyl groups is 1. The summed E-state index contributed by atoms with van der Waals surface area (Å²) in [7, 11) is 3.16. The van der Waals surface area contributed by atoms with Gasteiger partial charge in [-0.2, -0.15) is 0 Å². The SMILES string of the molecule is CNc1cccc(CC2CCN(c3ccc(CC(NC(=O)c4c(O)cccc4Cl)C(=O)OC)cc3)CC2)n1. The topological polar surface area (TPSA) is 104 Å². The lowest BCUT2D eigenvalue weighted by Crippen LogP contribution is -2.43. The summed E-state index contributed by atoms with van der Waals surface area (Å²) in [4.78, 5) is 32.2. The number of nitrogens with one attached hydrogen (secondary N) is 2. The van der Waals surface area contributed by atoms with Gasteiger partial charge in [0.15, 0.2) is 0 Å². The number of benzene rings is 2. The van der Waals surface area contributed by atoms with Crippen LogP contribution in [0, 0.1) is 5.92 Å². The van der Waals surface area contributed by atoms with Gasteiger partial charge in [0.2, 0.25) is 0 Å². The first-order valence-corrected chi connectivity index (χ1v) is 13.1. The molecule has 38 heavy (non-hydrogen) atoms. The van der Waals surface area contributed by atoms with Gasteiger partial charge in [-0.15, -0.1) is 0 Å². The molecule has 2 heterocycles. The van der Waals surface area contributed by atoms with E-state index < -0.39 is 17.9 Å². The average molecular weight is 537 g/mol. The highest BCUT2D eigenvalue weighted by atomic mass is 35.5. The minimum absolute atomic E-state index is 0.0765.